The van der Waals surface area contributed by atoms with Crippen molar-refractivity contribution in [3.63, 3.8) is 0 Å². The number of guanidine groups is 1. The van der Waals surface area contributed by atoms with Crippen LogP contribution in [0, 0.1) is 23.5 Å². The van der Waals surface area contributed by atoms with Crippen LogP contribution in [0.1, 0.15) is 65.0 Å². The number of methoxy groups -OCH3 is 1. The number of rotatable bonds is 7. The van der Waals surface area contributed by atoms with Crippen LogP contribution in [0.25, 0.3) is 0 Å². The van der Waals surface area contributed by atoms with E-state index in [0.29, 0.717) is 25.9 Å². The molecule has 1 fully saturated rings. The monoisotopic (exact) mass is 492 g/mol. The van der Waals surface area contributed by atoms with E-state index in [9.17, 15) is 18.4 Å². The molecule has 1 aromatic rings. The average Bonchev–Trinajstić information content (AvgIpc) is 3.50. The van der Waals surface area contributed by atoms with Crippen LogP contribution in [0.4, 0.5) is 8.78 Å². The van der Waals surface area contributed by atoms with Gasteiger partial charge in [0.2, 0.25) is 11.8 Å². The maximum Gasteiger partial charge on any atom is 0.231 e. The second kappa shape index (κ2) is 9.04. The molecule has 4 rings (SSSR count). The fraction of sp³-hybridized carbons (Fsp3) is 0.640. The van der Waals surface area contributed by atoms with Crippen molar-refractivity contribution in [1.82, 2.24) is 10.2 Å². The van der Waals surface area contributed by atoms with E-state index in [-0.39, 0.29) is 53.4 Å². The number of halogens is 2. The number of benzene rings is 1. The van der Waals surface area contributed by atoms with Gasteiger partial charge < -0.3 is 20.5 Å². The van der Waals surface area contributed by atoms with Crippen molar-refractivity contribution in [2.24, 2.45) is 22.6 Å². The number of fused-ring (bicyclic) bond motifs is 1. The van der Waals surface area contributed by atoms with Gasteiger partial charge in [0.15, 0.2) is 17.5 Å². The van der Waals surface area contributed by atoms with E-state index in [0.717, 1.165) is 6.07 Å². The number of hydrogen-bond acceptors (Lipinski definition) is 6. The van der Waals surface area contributed by atoms with Crippen molar-refractivity contribution in [3.05, 3.63) is 29.3 Å². The molecule has 10 heteroatoms. The van der Waals surface area contributed by atoms with Crippen molar-refractivity contribution in [2.45, 2.75) is 76.6 Å². The first kappa shape index (κ1) is 25.3. The van der Waals surface area contributed by atoms with E-state index in [1.807, 2.05) is 13.8 Å². The standard InChI is InChI=1S/C25H34F2N4O4/c1-24(2)12-20(32)31(23(28)30-24)19(6-7-34-5)14-10-15(14)22(33)29-18-11-25(3,4)35-21-16(18)8-13(26)9-17(21)27/h8-9,14-15,18-19H,6-7,10-12H2,1-5H3,(H2,28,30)(H,29,33)/t14-,15-,18+,19+/m0/s1. The number of carbonyl (C=O) groups is 2. The summed E-state index contributed by atoms with van der Waals surface area (Å²) < 4.78 is 39.4. The van der Waals surface area contributed by atoms with E-state index >= 15 is 0 Å². The Kier molecular flexibility index (Phi) is 6.54. The summed E-state index contributed by atoms with van der Waals surface area (Å²) >= 11 is 0. The maximum absolute atomic E-state index is 14.4. The third-order valence-electron chi connectivity index (χ3n) is 6.94. The summed E-state index contributed by atoms with van der Waals surface area (Å²) in [4.78, 5) is 32.2. The lowest BCUT2D eigenvalue weighted by molar-refractivity contribution is -0.132. The fourth-order valence-electron chi connectivity index (χ4n) is 5.33. The second-order valence-corrected chi connectivity index (χ2v) is 11.0. The van der Waals surface area contributed by atoms with E-state index in [2.05, 4.69) is 10.3 Å². The Hall–Kier alpha value is -2.75. The lowest BCUT2D eigenvalue weighted by atomic mass is 9.89. The molecule has 1 aliphatic carbocycles. The molecular weight excluding hydrogens is 458 g/mol. The molecule has 2 amide bonds. The van der Waals surface area contributed by atoms with Crippen LogP contribution >= 0.6 is 0 Å². The van der Waals surface area contributed by atoms with Gasteiger partial charge in [-0.05, 0) is 52.5 Å². The Balaban J connectivity index is 1.53. The number of hydrogen-bond donors (Lipinski definition) is 2. The minimum Gasteiger partial charge on any atom is -0.484 e. The molecule has 3 aliphatic rings. The summed E-state index contributed by atoms with van der Waals surface area (Å²) in [5.74, 6) is -2.24. The van der Waals surface area contributed by atoms with Crippen molar-refractivity contribution in [1.29, 1.82) is 0 Å². The molecule has 0 aromatic heterocycles. The molecule has 0 unspecified atom stereocenters. The zero-order valence-electron chi connectivity index (χ0n) is 20.9. The van der Waals surface area contributed by atoms with E-state index < -0.39 is 28.8 Å². The van der Waals surface area contributed by atoms with Crippen LogP contribution in [0.5, 0.6) is 5.75 Å². The zero-order chi connectivity index (χ0) is 25.7. The minimum absolute atomic E-state index is 0.0382. The predicted molar refractivity (Wildman–Crippen MR) is 126 cm³/mol. The number of aliphatic imine (C=N–C) groups is 1. The molecule has 3 N–H and O–H groups in total. The molecule has 1 saturated carbocycles. The third kappa shape index (κ3) is 5.27. The van der Waals surface area contributed by atoms with Gasteiger partial charge in [-0.3, -0.25) is 14.5 Å². The summed E-state index contributed by atoms with van der Waals surface area (Å²) in [7, 11) is 1.58. The van der Waals surface area contributed by atoms with Crippen molar-refractivity contribution >= 4 is 17.8 Å². The van der Waals surface area contributed by atoms with Crippen molar-refractivity contribution < 1.29 is 27.8 Å². The van der Waals surface area contributed by atoms with Gasteiger partial charge in [0.1, 0.15) is 11.4 Å². The summed E-state index contributed by atoms with van der Waals surface area (Å²) in [5.41, 5.74) is 5.16. The highest BCUT2D eigenvalue weighted by Gasteiger charge is 2.52. The van der Waals surface area contributed by atoms with Gasteiger partial charge in [-0.25, -0.2) is 13.8 Å². The maximum atomic E-state index is 14.4. The molecule has 0 spiro atoms. The van der Waals surface area contributed by atoms with Gasteiger partial charge in [0.25, 0.3) is 0 Å². The first-order valence-corrected chi connectivity index (χ1v) is 12.0. The van der Waals surface area contributed by atoms with Gasteiger partial charge in [0.05, 0.1) is 18.0 Å². The third-order valence-corrected chi connectivity index (χ3v) is 6.94. The smallest absolute Gasteiger partial charge is 0.231 e. The topological polar surface area (TPSA) is 106 Å². The highest BCUT2D eigenvalue weighted by Crippen LogP contribution is 2.47. The van der Waals surface area contributed by atoms with Crippen LogP contribution in [-0.2, 0) is 14.3 Å². The highest BCUT2D eigenvalue weighted by molar-refractivity contribution is 5.99. The van der Waals surface area contributed by atoms with E-state index in [1.54, 1.807) is 21.0 Å². The zero-order valence-corrected chi connectivity index (χ0v) is 20.9. The number of ether oxygens (including phenoxy) is 2. The van der Waals surface area contributed by atoms with Crippen LogP contribution in [0.15, 0.2) is 17.1 Å². The predicted octanol–water partition coefficient (Wildman–Crippen LogP) is 3.05. The Morgan fingerprint density at radius 2 is 2.06 bits per heavy atom. The van der Waals surface area contributed by atoms with Gasteiger partial charge in [-0.15, -0.1) is 0 Å². The summed E-state index contributed by atoms with van der Waals surface area (Å²) in [6.07, 6.45) is 1.67. The first-order valence-electron chi connectivity index (χ1n) is 12.0. The molecule has 35 heavy (non-hydrogen) atoms. The van der Waals surface area contributed by atoms with Gasteiger partial charge >= 0.3 is 0 Å². The molecule has 2 heterocycles. The number of nitrogens with one attached hydrogen (secondary N) is 1. The van der Waals surface area contributed by atoms with Crippen LogP contribution in [0.3, 0.4) is 0 Å². The van der Waals surface area contributed by atoms with E-state index in [1.165, 1.54) is 11.0 Å². The molecule has 0 saturated heterocycles. The summed E-state index contributed by atoms with van der Waals surface area (Å²) in [5, 5.41) is 2.98. The highest BCUT2D eigenvalue weighted by atomic mass is 19.1. The lowest BCUT2D eigenvalue weighted by Crippen LogP contribution is -2.55. The molecule has 0 radical (unpaired) electrons. The van der Waals surface area contributed by atoms with Crippen LogP contribution in [0.2, 0.25) is 0 Å². The molecule has 0 bridgehead atoms. The molecule has 4 atom stereocenters. The second-order valence-electron chi connectivity index (χ2n) is 11.0. The fourth-order valence-corrected chi connectivity index (χ4v) is 5.33. The van der Waals surface area contributed by atoms with Crippen LogP contribution in [-0.4, -0.2) is 53.6 Å². The normalized spacial score (nSPS) is 27.4. The molecule has 2 aliphatic heterocycles. The van der Waals surface area contributed by atoms with Crippen molar-refractivity contribution in [3.8, 4) is 5.75 Å². The molecule has 1 aromatic carbocycles. The number of nitrogens with zero attached hydrogens (tertiary/aromatic N) is 2. The van der Waals surface area contributed by atoms with E-state index in [4.69, 9.17) is 15.2 Å². The van der Waals surface area contributed by atoms with Gasteiger partial charge in [-0.2, -0.15) is 0 Å². The number of carbonyl (C=O) groups excluding carboxylic acids is 2. The number of nitrogens with two attached hydrogens (primary N) is 1. The first-order chi connectivity index (χ1) is 16.3. The quantitative estimate of drug-likeness (QED) is 0.609. The Morgan fingerprint density at radius 1 is 1.34 bits per heavy atom. The summed E-state index contributed by atoms with van der Waals surface area (Å²) in [6, 6.07) is 1.05. The van der Waals surface area contributed by atoms with Crippen molar-refractivity contribution in [2.75, 3.05) is 13.7 Å². The van der Waals surface area contributed by atoms with Gasteiger partial charge in [0, 0.05) is 43.7 Å². The van der Waals surface area contributed by atoms with Crippen LogP contribution < -0.4 is 15.8 Å². The Labute approximate surface area is 204 Å². The lowest BCUT2D eigenvalue weighted by Gasteiger charge is -2.38. The average molecular weight is 493 g/mol. The van der Waals surface area contributed by atoms with Gasteiger partial charge in [-0.1, -0.05) is 0 Å². The Bertz CT molecular complexity index is 1060. The SMILES string of the molecule is COCC[C@H]([C@H]1C[C@@H]1C(=O)N[C@@H]1CC(C)(C)Oc2c(F)cc(F)cc21)N1C(=O)CC(C)(C)N=C1N. The molecular formula is C25H34F2N4O4. The molecule has 8 nitrogen and oxygen atoms in total. The Morgan fingerprint density at radius 3 is 2.71 bits per heavy atom. The summed E-state index contributed by atoms with van der Waals surface area (Å²) in [6.45, 7) is 7.70. The minimum atomic E-state index is -0.794. The number of amides is 2. The largest absolute Gasteiger partial charge is 0.484 e. The molecule has 192 valence electrons.